The van der Waals surface area contributed by atoms with Gasteiger partial charge in [0.25, 0.3) is 0 Å². The van der Waals surface area contributed by atoms with Gasteiger partial charge in [0.2, 0.25) is 0 Å². The summed E-state index contributed by atoms with van der Waals surface area (Å²) in [6.07, 6.45) is 5.77. The molecule has 0 amide bonds. The van der Waals surface area contributed by atoms with E-state index in [-0.39, 0.29) is 5.41 Å². The molecular weight excluding hydrogens is 390 g/mol. The molecule has 1 atom stereocenters. The predicted octanol–water partition coefficient (Wildman–Crippen LogP) is 7.14. The molecule has 1 unspecified atom stereocenters. The number of nitrogens with zero attached hydrogens (tertiary/aromatic N) is 1. The van der Waals surface area contributed by atoms with Crippen LogP contribution in [-0.4, -0.2) is 19.8 Å². The Morgan fingerprint density at radius 2 is 1.75 bits per heavy atom. The summed E-state index contributed by atoms with van der Waals surface area (Å²) in [5.41, 5.74) is 8.40. The van der Waals surface area contributed by atoms with Crippen LogP contribution < -0.4 is 4.90 Å². The average molecular weight is 424 g/mol. The smallest absolute Gasteiger partial charge is 0.0568 e. The van der Waals surface area contributed by atoms with E-state index in [1.54, 1.807) is 7.11 Å². The van der Waals surface area contributed by atoms with Gasteiger partial charge in [-0.1, -0.05) is 86.2 Å². The van der Waals surface area contributed by atoms with Crippen molar-refractivity contribution in [1.29, 1.82) is 0 Å². The first-order chi connectivity index (χ1) is 15.4. The molecule has 0 saturated carbocycles. The van der Waals surface area contributed by atoms with E-state index < -0.39 is 0 Å². The minimum Gasteiger partial charge on any atom is -0.384 e. The topological polar surface area (TPSA) is 12.5 Å². The van der Waals surface area contributed by atoms with Gasteiger partial charge in [-0.15, -0.1) is 0 Å². The zero-order valence-corrected chi connectivity index (χ0v) is 19.9. The SMILES string of the molecule is COCC1/C(=C\C=C2\N(C(C)C)c3c(ccc4ccccc34)C2(C)C)Cc2ccccc21. The summed E-state index contributed by atoms with van der Waals surface area (Å²) in [4.78, 5) is 2.56. The molecule has 1 aliphatic heterocycles. The highest BCUT2D eigenvalue weighted by Gasteiger charge is 2.42. The van der Waals surface area contributed by atoms with Crippen molar-refractivity contribution in [2.24, 2.45) is 0 Å². The lowest BCUT2D eigenvalue weighted by atomic mass is 9.82. The van der Waals surface area contributed by atoms with Gasteiger partial charge in [-0.2, -0.15) is 0 Å². The molecule has 32 heavy (non-hydrogen) atoms. The molecule has 0 saturated heterocycles. The Morgan fingerprint density at radius 1 is 1.00 bits per heavy atom. The molecule has 0 spiro atoms. The molecule has 1 heterocycles. The number of anilines is 1. The molecule has 0 N–H and O–H groups in total. The van der Waals surface area contributed by atoms with E-state index in [1.165, 1.54) is 44.4 Å². The second kappa shape index (κ2) is 7.94. The maximum Gasteiger partial charge on any atom is 0.0568 e. The Kier molecular flexibility index (Phi) is 5.22. The van der Waals surface area contributed by atoms with Crippen molar-refractivity contribution in [3.63, 3.8) is 0 Å². The second-order valence-electron chi connectivity index (χ2n) is 9.95. The predicted molar refractivity (Wildman–Crippen MR) is 136 cm³/mol. The van der Waals surface area contributed by atoms with Gasteiger partial charge in [0.1, 0.15) is 0 Å². The van der Waals surface area contributed by atoms with Gasteiger partial charge in [0.05, 0.1) is 12.3 Å². The van der Waals surface area contributed by atoms with Crippen LogP contribution in [0, 0.1) is 0 Å². The number of fused-ring (bicyclic) bond motifs is 4. The summed E-state index contributed by atoms with van der Waals surface area (Å²) >= 11 is 0. The molecule has 5 rings (SSSR count). The van der Waals surface area contributed by atoms with Crippen molar-refractivity contribution in [1.82, 2.24) is 0 Å². The average Bonchev–Trinajstić information content (AvgIpc) is 3.24. The highest BCUT2D eigenvalue weighted by molar-refractivity contribution is 5.99. The normalized spacial score (nSPS) is 21.7. The molecule has 2 heteroatoms. The van der Waals surface area contributed by atoms with Crippen LogP contribution in [0.1, 0.15) is 50.3 Å². The number of allylic oxidation sites excluding steroid dienone is 3. The Hall–Kier alpha value is -2.84. The first kappa shape index (κ1) is 21.0. The van der Waals surface area contributed by atoms with Crippen molar-refractivity contribution in [3.8, 4) is 0 Å². The molecule has 2 nitrogen and oxygen atoms in total. The number of hydrogen-bond donors (Lipinski definition) is 0. The molecule has 1 aliphatic carbocycles. The zero-order valence-electron chi connectivity index (χ0n) is 19.9. The van der Waals surface area contributed by atoms with Crippen LogP contribution in [0.5, 0.6) is 0 Å². The number of methoxy groups -OCH3 is 1. The molecule has 0 aromatic heterocycles. The third kappa shape index (κ3) is 3.20. The van der Waals surface area contributed by atoms with E-state index in [0.717, 1.165) is 13.0 Å². The number of hydrogen-bond acceptors (Lipinski definition) is 2. The second-order valence-corrected chi connectivity index (χ2v) is 9.95. The molecule has 2 aliphatic rings. The zero-order chi connectivity index (χ0) is 22.5. The molecule has 0 bridgehead atoms. The Balaban J connectivity index is 1.63. The molecule has 0 radical (unpaired) electrons. The van der Waals surface area contributed by atoms with E-state index in [2.05, 4.69) is 105 Å². The van der Waals surface area contributed by atoms with E-state index in [4.69, 9.17) is 4.74 Å². The Bertz CT molecular complexity index is 1230. The highest BCUT2D eigenvalue weighted by Crippen LogP contribution is 2.51. The maximum absolute atomic E-state index is 5.61. The molecule has 3 aromatic rings. The summed E-state index contributed by atoms with van der Waals surface area (Å²) in [7, 11) is 1.80. The standard InChI is InChI=1S/C30H33NO/c1-20(2)31-28(17-15-23-18-22-11-7-8-12-24(22)26(23)19-32-5)30(3,4)27-16-14-21-10-6-9-13-25(21)29(27)31/h6-17,20,26H,18-19H2,1-5H3/b23-15-,28-17+. The monoisotopic (exact) mass is 423 g/mol. The van der Waals surface area contributed by atoms with E-state index in [9.17, 15) is 0 Å². The van der Waals surface area contributed by atoms with Crippen molar-refractivity contribution in [2.75, 3.05) is 18.6 Å². The lowest BCUT2D eigenvalue weighted by Gasteiger charge is -2.30. The highest BCUT2D eigenvalue weighted by atomic mass is 16.5. The summed E-state index contributed by atoms with van der Waals surface area (Å²) in [5, 5.41) is 2.65. The molecule has 0 fully saturated rings. The van der Waals surface area contributed by atoms with Crippen LogP contribution in [0.15, 0.2) is 84.1 Å². The van der Waals surface area contributed by atoms with Crippen molar-refractivity contribution in [2.45, 2.75) is 51.5 Å². The lowest BCUT2D eigenvalue weighted by molar-refractivity contribution is 0.189. The van der Waals surface area contributed by atoms with Gasteiger partial charge in [-0.05, 0) is 48.4 Å². The van der Waals surface area contributed by atoms with Crippen LogP contribution >= 0.6 is 0 Å². The van der Waals surface area contributed by atoms with Gasteiger partial charge >= 0.3 is 0 Å². The fourth-order valence-corrected chi connectivity index (χ4v) is 5.71. The summed E-state index contributed by atoms with van der Waals surface area (Å²) < 4.78 is 5.61. The third-order valence-corrected chi connectivity index (χ3v) is 7.29. The Morgan fingerprint density at radius 3 is 2.53 bits per heavy atom. The maximum atomic E-state index is 5.61. The van der Waals surface area contributed by atoms with Crippen LogP contribution in [0.25, 0.3) is 10.8 Å². The van der Waals surface area contributed by atoms with Crippen LogP contribution in [0.3, 0.4) is 0 Å². The largest absolute Gasteiger partial charge is 0.384 e. The van der Waals surface area contributed by atoms with Crippen LogP contribution in [-0.2, 0) is 16.6 Å². The molecular formula is C30H33NO. The fraction of sp³-hybridized carbons (Fsp3) is 0.333. The quantitative estimate of drug-likeness (QED) is 0.442. The minimum atomic E-state index is -0.0527. The summed E-state index contributed by atoms with van der Waals surface area (Å²) in [6.45, 7) is 10.1. The summed E-state index contributed by atoms with van der Waals surface area (Å²) in [6, 6.07) is 22.6. The Labute approximate surface area is 192 Å². The van der Waals surface area contributed by atoms with E-state index in [1.807, 2.05) is 0 Å². The first-order valence-corrected chi connectivity index (χ1v) is 11.7. The van der Waals surface area contributed by atoms with Crippen LogP contribution in [0.2, 0.25) is 0 Å². The van der Waals surface area contributed by atoms with Gasteiger partial charge in [0, 0.05) is 35.6 Å². The van der Waals surface area contributed by atoms with E-state index >= 15 is 0 Å². The van der Waals surface area contributed by atoms with Crippen LogP contribution in [0.4, 0.5) is 5.69 Å². The van der Waals surface area contributed by atoms with Gasteiger partial charge in [-0.25, -0.2) is 0 Å². The lowest BCUT2D eigenvalue weighted by Crippen LogP contribution is -2.31. The minimum absolute atomic E-state index is 0.0527. The third-order valence-electron chi connectivity index (χ3n) is 7.29. The fourth-order valence-electron chi connectivity index (χ4n) is 5.71. The molecule has 164 valence electrons. The van der Waals surface area contributed by atoms with Gasteiger partial charge in [-0.3, -0.25) is 0 Å². The van der Waals surface area contributed by atoms with Gasteiger partial charge < -0.3 is 9.64 Å². The number of ether oxygens (including phenoxy) is 1. The van der Waals surface area contributed by atoms with Crippen molar-refractivity contribution < 1.29 is 4.74 Å². The van der Waals surface area contributed by atoms with Gasteiger partial charge in [0.15, 0.2) is 0 Å². The first-order valence-electron chi connectivity index (χ1n) is 11.7. The number of benzene rings is 3. The summed E-state index contributed by atoms with van der Waals surface area (Å²) in [5.74, 6) is 0.341. The van der Waals surface area contributed by atoms with Crippen molar-refractivity contribution >= 4 is 16.5 Å². The van der Waals surface area contributed by atoms with Crippen molar-refractivity contribution in [3.05, 3.63) is 101 Å². The number of rotatable bonds is 4. The van der Waals surface area contributed by atoms with E-state index in [0.29, 0.717) is 12.0 Å². The molecule has 3 aromatic carbocycles.